The molecular weight excluding hydrogens is 200 g/mol. The summed E-state index contributed by atoms with van der Waals surface area (Å²) in [5.41, 5.74) is 5.31. The minimum Gasteiger partial charge on any atom is -0.329 e. The first-order valence-corrected chi connectivity index (χ1v) is 6.94. The predicted octanol–water partition coefficient (Wildman–Crippen LogP) is 0.149. The van der Waals surface area contributed by atoms with Crippen molar-refractivity contribution in [3.05, 3.63) is 0 Å². The van der Waals surface area contributed by atoms with Crippen LogP contribution in [0.15, 0.2) is 0 Å². The molecule has 4 nitrogen and oxygen atoms in total. The molecule has 0 radical (unpaired) electrons. The van der Waals surface area contributed by atoms with E-state index >= 15 is 0 Å². The molecule has 3 aliphatic rings. The largest absolute Gasteiger partial charge is 0.329 e. The van der Waals surface area contributed by atoms with Crippen LogP contribution in [0.5, 0.6) is 0 Å². The number of rotatable bonds is 3. The maximum Gasteiger partial charge on any atom is 0.215 e. The van der Waals surface area contributed by atoms with Crippen molar-refractivity contribution < 1.29 is 8.42 Å². The van der Waals surface area contributed by atoms with Gasteiger partial charge in [0.1, 0.15) is 0 Å². The number of sulfonamides is 1. The molecule has 3 rings (SSSR count). The average Bonchev–Trinajstić information content (AvgIpc) is 2.19. The highest BCUT2D eigenvalue weighted by molar-refractivity contribution is 7.89. The maximum absolute atomic E-state index is 11.8. The molecule has 14 heavy (non-hydrogen) atoms. The Hall–Kier alpha value is -0.130. The van der Waals surface area contributed by atoms with Crippen molar-refractivity contribution in [1.29, 1.82) is 0 Å². The van der Waals surface area contributed by atoms with Crippen LogP contribution >= 0.6 is 0 Å². The van der Waals surface area contributed by atoms with Crippen molar-refractivity contribution in [2.45, 2.75) is 31.7 Å². The van der Waals surface area contributed by atoms with Gasteiger partial charge in [-0.1, -0.05) is 0 Å². The van der Waals surface area contributed by atoms with Gasteiger partial charge in [0.25, 0.3) is 0 Å². The van der Waals surface area contributed by atoms with E-state index in [-0.39, 0.29) is 18.3 Å². The molecule has 0 aromatic carbocycles. The summed E-state index contributed by atoms with van der Waals surface area (Å²) in [6.45, 7) is 0.975. The Balaban J connectivity index is 2.11. The fourth-order valence-corrected chi connectivity index (χ4v) is 4.26. The summed E-state index contributed by atoms with van der Waals surface area (Å²) in [7, 11) is -3.06. The lowest BCUT2D eigenvalue weighted by molar-refractivity contribution is 0.120. The van der Waals surface area contributed by atoms with Gasteiger partial charge in [0, 0.05) is 19.1 Å². The lowest BCUT2D eigenvalue weighted by Crippen LogP contribution is -2.51. The van der Waals surface area contributed by atoms with Crippen molar-refractivity contribution in [1.82, 2.24) is 4.31 Å². The Morgan fingerprint density at radius 1 is 1.21 bits per heavy atom. The maximum atomic E-state index is 11.8. The molecule has 2 bridgehead atoms. The van der Waals surface area contributed by atoms with Crippen molar-refractivity contribution in [3.63, 3.8) is 0 Å². The molecule has 0 spiro atoms. The first-order chi connectivity index (χ1) is 6.63. The van der Waals surface area contributed by atoms with Gasteiger partial charge in [-0.25, -0.2) is 8.42 Å². The molecule has 0 amide bonds. The molecule has 82 valence electrons. The number of nitrogens with zero attached hydrogens (tertiary/aromatic N) is 1. The Morgan fingerprint density at radius 2 is 1.86 bits per heavy atom. The zero-order chi connectivity index (χ0) is 10.2. The molecule has 5 heteroatoms. The Labute approximate surface area is 85.5 Å². The van der Waals surface area contributed by atoms with Gasteiger partial charge in [0.15, 0.2) is 0 Å². The van der Waals surface area contributed by atoms with Crippen LogP contribution in [0.2, 0.25) is 0 Å². The average molecular weight is 218 g/mol. The normalized spacial score (nSPS) is 33.5. The van der Waals surface area contributed by atoms with Crippen LogP contribution in [0.3, 0.4) is 0 Å². The molecule has 0 aromatic heterocycles. The van der Waals surface area contributed by atoms with Gasteiger partial charge >= 0.3 is 0 Å². The number of hydrogen-bond acceptors (Lipinski definition) is 3. The topological polar surface area (TPSA) is 63.4 Å². The van der Waals surface area contributed by atoms with Gasteiger partial charge in [-0.05, 0) is 31.6 Å². The van der Waals surface area contributed by atoms with E-state index in [1.165, 1.54) is 12.8 Å². The third kappa shape index (κ3) is 1.81. The minimum atomic E-state index is -3.06. The van der Waals surface area contributed by atoms with E-state index in [2.05, 4.69) is 0 Å². The van der Waals surface area contributed by atoms with Crippen LogP contribution in [0.4, 0.5) is 0 Å². The van der Waals surface area contributed by atoms with Gasteiger partial charge in [0.05, 0.1) is 5.75 Å². The van der Waals surface area contributed by atoms with Crippen LogP contribution in [-0.2, 0) is 10.0 Å². The number of nitrogens with two attached hydrogens (primary N) is 1. The van der Waals surface area contributed by atoms with Crippen LogP contribution in [0.25, 0.3) is 0 Å². The SMILES string of the molecule is NCCS(=O)(=O)N1CC2CCC1CC2. The van der Waals surface area contributed by atoms with Crippen LogP contribution in [0, 0.1) is 5.92 Å². The highest BCUT2D eigenvalue weighted by Gasteiger charge is 2.39. The Morgan fingerprint density at radius 3 is 2.29 bits per heavy atom. The van der Waals surface area contributed by atoms with E-state index in [0.717, 1.165) is 19.4 Å². The van der Waals surface area contributed by atoms with Crippen molar-refractivity contribution in [2.75, 3.05) is 18.8 Å². The van der Waals surface area contributed by atoms with E-state index in [9.17, 15) is 8.42 Å². The molecule has 1 aliphatic carbocycles. The van der Waals surface area contributed by atoms with Gasteiger partial charge in [0.2, 0.25) is 10.0 Å². The lowest BCUT2D eigenvalue weighted by atomic mass is 9.82. The zero-order valence-corrected chi connectivity index (χ0v) is 9.17. The second-order valence-corrected chi connectivity index (χ2v) is 6.39. The standard InChI is InChI=1S/C9H18N2O2S/c10-5-6-14(12,13)11-7-8-1-3-9(11)4-2-8/h8-9H,1-7,10H2. The van der Waals surface area contributed by atoms with Crippen molar-refractivity contribution >= 4 is 10.0 Å². The van der Waals surface area contributed by atoms with Crippen LogP contribution < -0.4 is 5.73 Å². The second-order valence-electron chi connectivity index (χ2n) is 4.35. The molecule has 2 N–H and O–H groups in total. The van der Waals surface area contributed by atoms with E-state index in [4.69, 9.17) is 5.73 Å². The Kier molecular flexibility index (Phi) is 2.81. The molecule has 2 aliphatic heterocycles. The van der Waals surface area contributed by atoms with E-state index in [0.29, 0.717) is 5.92 Å². The Bertz CT molecular complexity index is 294. The number of piperidine rings is 2. The van der Waals surface area contributed by atoms with Gasteiger partial charge in [-0.15, -0.1) is 0 Å². The predicted molar refractivity (Wildman–Crippen MR) is 55.3 cm³/mol. The zero-order valence-electron chi connectivity index (χ0n) is 8.35. The fraction of sp³-hybridized carbons (Fsp3) is 1.00. The second kappa shape index (κ2) is 3.79. The van der Waals surface area contributed by atoms with Gasteiger partial charge < -0.3 is 5.73 Å². The van der Waals surface area contributed by atoms with Crippen LogP contribution in [0.1, 0.15) is 25.7 Å². The monoisotopic (exact) mass is 218 g/mol. The highest BCUT2D eigenvalue weighted by Crippen LogP contribution is 2.36. The van der Waals surface area contributed by atoms with Gasteiger partial charge in [-0.2, -0.15) is 4.31 Å². The molecule has 3 fully saturated rings. The molecule has 0 aromatic rings. The molecular formula is C9H18N2O2S. The summed E-state index contributed by atoms with van der Waals surface area (Å²) in [6.07, 6.45) is 4.52. The third-order valence-corrected chi connectivity index (χ3v) is 5.31. The molecule has 2 heterocycles. The van der Waals surface area contributed by atoms with E-state index in [1.807, 2.05) is 0 Å². The quantitative estimate of drug-likeness (QED) is 0.733. The van der Waals surface area contributed by atoms with Crippen molar-refractivity contribution in [2.24, 2.45) is 11.7 Å². The first-order valence-electron chi connectivity index (χ1n) is 5.33. The summed E-state index contributed by atoms with van der Waals surface area (Å²) in [5.74, 6) is 0.712. The van der Waals surface area contributed by atoms with Crippen molar-refractivity contribution in [3.8, 4) is 0 Å². The van der Waals surface area contributed by atoms with Crippen LogP contribution in [-0.4, -0.2) is 37.6 Å². The first kappa shape index (κ1) is 10.4. The lowest BCUT2D eigenvalue weighted by Gasteiger charge is -2.44. The van der Waals surface area contributed by atoms with E-state index in [1.54, 1.807) is 4.31 Å². The number of hydrogen-bond donors (Lipinski definition) is 1. The molecule has 1 saturated carbocycles. The molecule has 2 saturated heterocycles. The minimum absolute atomic E-state index is 0.107. The molecule has 0 atom stereocenters. The summed E-state index contributed by atoms with van der Waals surface area (Å²) in [4.78, 5) is 0. The third-order valence-electron chi connectivity index (χ3n) is 3.39. The summed E-state index contributed by atoms with van der Waals surface area (Å²) >= 11 is 0. The van der Waals surface area contributed by atoms with E-state index < -0.39 is 10.0 Å². The smallest absolute Gasteiger partial charge is 0.215 e. The number of fused-ring (bicyclic) bond motifs is 3. The summed E-state index contributed by atoms with van der Waals surface area (Å²) in [6, 6.07) is 0.275. The fourth-order valence-electron chi connectivity index (χ4n) is 2.63. The summed E-state index contributed by atoms with van der Waals surface area (Å²) < 4.78 is 25.3. The van der Waals surface area contributed by atoms with Gasteiger partial charge in [-0.3, -0.25) is 0 Å². The summed E-state index contributed by atoms with van der Waals surface area (Å²) in [5, 5.41) is 0. The highest BCUT2D eigenvalue weighted by atomic mass is 32.2. The molecule has 0 unspecified atom stereocenters.